The highest BCUT2D eigenvalue weighted by Crippen LogP contribution is 2.23. The molecule has 0 N–H and O–H groups in total. The standard InChI is InChI=1S/C17H14N4O4/c1-12-9-14(7-8-16(12)21(23)24)25-17(22)15-11-20(19-18-15)10-13-5-3-2-4-6-13/h2-9,11H,10H2,1H3. The molecule has 0 amide bonds. The van der Waals surface area contributed by atoms with Crippen LogP contribution >= 0.6 is 0 Å². The van der Waals surface area contributed by atoms with E-state index in [2.05, 4.69) is 10.3 Å². The van der Waals surface area contributed by atoms with Crippen molar-refractivity contribution >= 4 is 11.7 Å². The van der Waals surface area contributed by atoms with Gasteiger partial charge in [0.2, 0.25) is 0 Å². The Bertz CT molecular complexity index is 921. The van der Waals surface area contributed by atoms with Gasteiger partial charge in [-0.1, -0.05) is 35.5 Å². The first-order chi connectivity index (χ1) is 12.0. The lowest BCUT2D eigenvalue weighted by Crippen LogP contribution is -2.09. The van der Waals surface area contributed by atoms with Crippen molar-refractivity contribution in [2.45, 2.75) is 13.5 Å². The Kier molecular flexibility index (Phi) is 4.51. The van der Waals surface area contributed by atoms with Gasteiger partial charge in [-0.25, -0.2) is 9.48 Å². The number of esters is 1. The third-order valence-corrected chi connectivity index (χ3v) is 3.51. The molecule has 2 aromatic carbocycles. The smallest absolute Gasteiger partial charge is 0.365 e. The van der Waals surface area contributed by atoms with E-state index >= 15 is 0 Å². The number of nitro benzene ring substituents is 1. The Labute approximate surface area is 142 Å². The molecule has 8 nitrogen and oxygen atoms in total. The fraction of sp³-hybridized carbons (Fsp3) is 0.118. The summed E-state index contributed by atoms with van der Waals surface area (Å²) in [6.45, 7) is 2.06. The van der Waals surface area contributed by atoms with E-state index < -0.39 is 10.9 Å². The van der Waals surface area contributed by atoms with Crippen molar-refractivity contribution in [1.82, 2.24) is 15.0 Å². The lowest BCUT2D eigenvalue weighted by atomic mass is 10.2. The SMILES string of the molecule is Cc1cc(OC(=O)c2cn(Cc3ccccc3)nn2)ccc1[N+](=O)[O-]. The molecule has 25 heavy (non-hydrogen) atoms. The second kappa shape index (κ2) is 6.91. The molecule has 8 heteroatoms. The molecule has 0 atom stereocenters. The number of hydrogen-bond acceptors (Lipinski definition) is 6. The summed E-state index contributed by atoms with van der Waals surface area (Å²) in [4.78, 5) is 22.5. The number of nitrogens with zero attached hydrogens (tertiary/aromatic N) is 4. The summed E-state index contributed by atoms with van der Waals surface area (Å²) in [7, 11) is 0. The van der Waals surface area contributed by atoms with E-state index in [1.807, 2.05) is 30.3 Å². The average molecular weight is 338 g/mol. The van der Waals surface area contributed by atoms with Gasteiger partial charge < -0.3 is 4.74 Å². The first-order valence-corrected chi connectivity index (χ1v) is 7.44. The quantitative estimate of drug-likeness (QED) is 0.307. The summed E-state index contributed by atoms with van der Waals surface area (Å²) in [6.07, 6.45) is 1.49. The van der Waals surface area contributed by atoms with Crippen LogP contribution in [-0.2, 0) is 6.54 Å². The fourth-order valence-electron chi connectivity index (χ4n) is 2.30. The van der Waals surface area contributed by atoms with Crippen LogP contribution in [0.5, 0.6) is 5.75 Å². The van der Waals surface area contributed by atoms with Gasteiger partial charge in [0.15, 0.2) is 5.69 Å². The lowest BCUT2D eigenvalue weighted by molar-refractivity contribution is -0.385. The molecule has 0 fully saturated rings. The molecule has 0 aliphatic carbocycles. The van der Waals surface area contributed by atoms with Gasteiger partial charge in [0.05, 0.1) is 17.7 Å². The predicted molar refractivity (Wildman–Crippen MR) is 88.4 cm³/mol. The van der Waals surface area contributed by atoms with Gasteiger partial charge in [-0.15, -0.1) is 5.10 Å². The van der Waals surface area contributed by atoms with Crippen molar-refractivity contribution in [3.05, 3.63) is 81.7 Å². The van der Waals surface area contributed by atoms with Crippen LogP contribution in [0.4, 0.5) is 5.69 Å². The second-order valence-electron chi connectivity index (χ2n) is 5.38. The van der Waals surface area contributed by atoms with Gasteiger partial charge in [-0.05, 0) is 24.6 Å². The van der Waals surface area contributed by atoms with Crippen molar-refractivity contribution in [2.75, 3.05) is 0 Å². The Morgan fingerprint density at radius 2 is 2.00 bits per heavy atom. The highest BCUT2D eigenvalue weighted by atomic mass is 16.6. The van der Waals surface area contributed by atoms with E-state index in [9.17, 15) is 14.9 Å². The van der Waals surface area contributed by atoms with Gasteiger partial charge in [0.1, 0.15) is 5.75 Å². The fourth-order valence-corrected chi connectivity index (χ4v) is 2.30. The van der Waals surface area contributed by atoms with Crippen molar-refractivity contribution in [2.24, 2.45) is 0 Å². The molecule has 0 aliphatic rings. The van der Waals surface area contributed by atoms with Crippen LogP contribution in [0, 0.1) is 17.0 Å². The summed E-state index contributed by atoms with van der Waals surface area (Å²) in [5.41, 5.74) is 1.46. The molecular weight excluding hydrogens is 324 g/mol. The Morgan fingerprint density at radius 3 is 2.68 bits per heavy atom. The predicted octanol–water partition coefficient (Wildman–Crippen LogP) is 2.76. The summed E-state index contributed by atoms with van der Waals surface area (Å²) in [5.74, 6) is -0.460. The second-order valence-corrected chi connectivity index (χ2v) is 5.38. The Morgan fingerprint density at radius 1 is 1.24 bits per heavy atom. The maximum Gasteiger partial charge on any atom is 0.365 e. The molecule has 0 spiro atoms. The summed E-state index contributed by atoms with van der Waals surface area (Å²) in [5, 5.41) is 18.5. The topological polar surface area (TPSA) is 100 Å². The molecule has 0 saturated carbocycles. The van der Waals surface area contributed by atoms with Gasteiger partial charge in [0, 0.05) is 11.6 Å². The number of carbonyl (C=O) groups is 1. The van der Waals surface area contributed by atoms with Gasteiger partial charge in [-0.3, -0.25) is 10.1 Å². The largest absolute Gasteiger partial charge is 0.422 e. The molecule has 1 heterocycles. The first-order valence-electron chi connectivity index (χ1n) is 7.44. The van der Waals surface area contributed by atoms with Crippen LogP contribution < -0.4 is 4.74 Å². The van der Waals surface area contributed by atoms with E-state index in [4.69, 9.17) is 4.74 Å². The minimum atomic E-state index is -0.674. The molecule has 126 valence electrons. The summed E-state index contributed by atoms with van der Waals surface area (Å²) in [6, 6.07) is 13.7. The number of benzene rings is 2. The summed E-state index contributed by atoms with van der Waals surface area (Å²) < 4.78 is 6.74. The van der Waals surface area contributed by atoms with E-state index in [-0.39, 0.29) is 17.1 Å². The molecule has 0 bridgehead atoms. The Hall–Kier alpha value is -3.55. The number of aryl methyl sites for hydroxylation is 1. The van der Waals surface area contributed by atoms with Crippen molar-refractivity contribution in [3.63, 3.8) is 0 Å². The normalized spacial score (nSPS) is 10.4. The minimum absolute atomic E-state index is 0.0337. The number of hydrogen-bond donors (Lipinski definition) is 0. The maximum atomic E-state index is 12.1. The highest BCUT2D eigenvalue weighted by molar-refractivity contribution is 5.88. The first kappa shape index (κ1) is 16.3. The van der Waals surface area contributed by atoms with Crippen LogP contribution in [-0.4, -0.2) is 25.9 Å². The molecule has 3 rings (SSSR count). The van der Waals surface area contributed by atoms with Gasteiger partial charge in [-0.2, -0.15) is 0 Å². The van der Waals surface area contributed by atoms with Crippen LogP contribution in [0.15, 0.2) is 54.7 Å². The third-order valence-electron chi connectivity index (χ3n) is 3.51. The number of carbonyl (C=O) groups excluding carboxylic acids is 1. The van der Waals surface area contributed by atoms with Crippen molar-refractivity contribution in [1.29, 1.82) is 0 Å². The van der Waals surface area contributed by atoms with Crippen molar-refractivity contribution in [3.8, 4) is 5.75 Å². The van der Waals surface area contributed by atoms with E-state index in [0.29, 0.717) is 12.1 Å². The molecular formula is C17H14N4O4. The number of rotatable bonds is 5. The van der Waals surface area contributed by atoms with Crippen LogP contribution in [0.2, 0.25) is 0 Å². The van der Waals surface area contributed by atoms with E-state index in [1.54, 1.807) is 6.92 Å². The van der Waals surface area contributed by atoms with Gasteiger partial charge >= 0.3 is 5.97 Å². The van der Waals surface area contributed by atoms with E-state index in [0.717, 1.165) is 5.56 Å². The zero-order valence-corrected chi connectivity index (χ0v) is 13.3. The number of aromatic nitrogens is 3. The lowest BCUT2D eigenvalue weighted by Gasteiger charge is -2.03. The average Bonchev–Trinajstić information content (AvgIpc) is 3.04. The molecule has 0 saturated heterocycles. The molecule has 0 aliphatic heterocycles. The minimum Gasteiger partial charge on any atom is -0.422 e. The maximum absolute atomic E-state index is 12.1. The molecule has 3 aromatic rings. The zero-order valence-electron chi connectivity index (χ0n) is 13.3. The molecule has 1 aromatic heterocycles. The van der Waals surface area contributed by atoms with Crippen LogP contribution in [0.1, 0.15) is 21.6 Å². The molecule has 0 radical (unpaired) electrons. The Balaban J connectivity index is 1.70. The highest BCUT2D eigenvalue weighted by Gasteiger charge is 2.16. The van der Waals surface area contributed by atoms with Crippen molar-refractivity contribution < 1.29 is 14.5 Å². The van der Waals surface area contributed by atoms with Gasteiger partial charge in [0.25, 0.3) is 5.69 Å². The number of ether oxygens (including phenoxy) is 1. The third kappa shape index (κ3) is 3.86. The zero-order chi connectivity index (χ0) is 17.8. The number of nitro groups is 1. The molecule has 0 unspecified atom stereocenters. The van der Waals surface area contributed by atoms with Crippen LogP contribution in [0.25, 0.3) is 0 Å². The summed E-state index contributed by atoms with van der Waals surface area (Å²) >= 11 is 0. The monoisotopic (exact) mass is 338 g/mol. The van der Waals surface area contributed by atoms with E-state index in [1.165, 1.54) is 29.1 Å². The van der Waals surface area contributed by atoms with Crippen LogP contribution in [0.3, 0.4) is 0 Å².